The summed E-state index contributed by atoms with van der Waals surface area (Å²) in [7, 11) is 0. The maximum Gasteiger partial charge on any atom is 0.337 e. The Morgan fingerprint density at radius 3 is 2.00 bits per heavy atom. The molecule has 0 aliphatic carbocycles. The van der Waals surface area contributed by atoms with Gasteiger partial charge in [-0.2, -0.15) is 0 Å². The SMILES string of the molecule is Cc1cccc(C(=O)O)c1N1C(=O)c2ccccc2C1=O.Cl. The van der Waals surface area contributed by atoms with Gasteiger partial charge in [-0.25, -0.2) is 9.69 Å². The van der Waals surface area contributed by atoms with E-state index in [1.165, 1.54) is 6.07 Å². The van der Waals surface area contributed by atoms with Crippen LogP contribution >= 0.6 is 12.4 Å². The number of anilines is 1. The number of nitrogens with zero attached hydrogens (tertiary/aromatic N) is 1. The normalized spacial score (nSPS) is 12.9. The van der Waals surface area contributed by atoms with Gasteiger partial charge in [-0.05, 0) is 30.7 Å². The standard InChI is InChI=1S/C16H11NO4.ClH/c1-9-5-4-8-12(16(20)21)13(9)17-14(18)10-6-2-3-7-11(10)15(17)19;/h2-8H,1H3,(H,20,21);1H. The second-order valence-electron chi connectivity index (χ2n) is 4.77. The van der Waals surface area contributed by atoms with Crippen LogP contribution in [0, 0.1) is 6.92 Å². The number of para-hydroxylation sites is 1. The molecule has 0 saturated heterocycles. The summed E-state index contributed by atoms with van der Waals surface area (Å²) >= 11 is 0. The third-order valence-electron chi connectivity index (χ3n) is 3.49. The Balaban J connectivity index is 0.00000176. The summed E-state index contributed by atoms with van der Waals surface area (Å²) < 4.78 is 0. The number of carboxylic acids is 1. The minimum absolute atomic E-state index is 0. The lowest BCUT2D eigenvalue weighted by molar-refractivity contribution is 0.0697. The van der Waals surface area contributed by atoms with Crippen LogP contribution in [0.4, 0.5) is 5.69 Å². The Morgan fingerprint density at radius 1 is 0.955 bits per heavy atom. The highest BCUT2D eigenvalue weighted by Gasteiger charge is 2.38. The number of carboxylic acid groups (broad SMARTS) is 1. The maximum absolute atomic E-state index is 12.4. The maximum atomic E-state index is 12.4. The van der Waals surface area contributed by atoms with Crippen LogP contribution in [-0.2, 0) is 0 Å². The number of hydrogen-bond acceptors (Lipinski definition) is 3. The van der Waals surface area contributed by atoms with Crippen LogP contribution in [0.1, 0.15) is 36.6 Å². The number of halogens is 1. The van der Waals surface area contributed by atoms with Crippen LogP contribution in [0.15, 0.2) is 42.5 Å². The number of amides is 2. The first kappa shape index (κ1) is 15.7. The Morgan fingerprint density at radius 2 is 1.50 bits per heavy atom. The second kappa shape index (κ2) is 5.61. The molecule has 0 spiro atoms. The molecule has 1 heterocycles. The molecule has 0 radical (unpaired) electrons. The van der Waals surface area contributed by atoms with Gasteiger partial charge in [0.25, 0.3) is 11.8 Å². The van der Waals surface area contributed by atoms with Gasteiger partial charge in [0.1, 0.15) is 0 Å². The van der Waals surface area contributed by atoms with Crippen LogP contribution in [0.2, 0.25) is 0 Å². The topological polar surface area (TPSA) is 74.7 Å². The van der Waals surface area contributed by atoms with E-state index in [1.54, 1.807) is 43.3 Å². The zero-order chi connectivity index (χ0) is 15.1. The highest BCUT2D eigenvalue weighted by atomic mass is 35.5. The Labute approximate surface area is 132 Å². The van der Waals surface area contributed by atoms with Crippen LogP contribution in [0.5, 0.6) is 0 Å². The minimum atomic E-state index is -1.18. The summed E-state index contributed by atoms with van der Waals surface area (Å²) in [5.41, 5.74) is 1.22. The zero-order valence-corrected chi connectivity index (χ0v) is 12.4. The van der Waals surface area contributed by atoms with Gasteiger partial charge in [-0.15, -0.1) is 12.4 Å². The van der Waals surface area contributed by atoms with Crippen LogP contribution < -0.4 is 4.90 Å². The Bertz CT molecular complexity index is 765. The third-order valence-corrected chi connectivity index (χ3v) is 3.49. The predicted octanol–water partition coefficient (Wildman–Crippen LogP) is 2.92. The molecule has 0 atom stereocenters. The summed E-state index contributed by atoms with van der Waals surface area (Å²) in [6, 6.07) is 11.1. The van der Waals surface area contributed by atoms with Crippen molar-refractivity contribution in [2.75, 3.05) is 4.90 Å². The molecule has 0 bridgehead atoms. The number of carbonyl (C=O) groups is 3. The quantitative estimate of drug-likeness (QED) is 0.864. The van der Waals surface area contributed by atoms with E-state index in [9.17, 15) is 19.5 Å². The highest BCUT2D eigenvalue weighted by molar-refractivity contribution is 6.35. The fourth-order valence-corrected chi connectivity index (χ4v) is 2.52. The van der Waals surface area contributed by atoms with Gasteiger partial charge in [0, 0.05) is 0 Å². The van der Waals surface area contributed by atoms with E-state index in [4.69, 9.17) is 0 Å². The summed E-state index contributed by atoms with van der Waals surface area (Å²) in [5, 5.41) is 9.29. The molecule has 0 saturated carbocycles. The van der Waals surface area contributed by atoms with E-state index >= 15 is 0 Å². The number of aromatic carboxylic acids is 1. The van der Waals surface area contributed by atoms with Crippen molar-refractivity contribution < 1.29 is 19.5 Å². The lowest BCUT2D eigenvalue weighted by Crippen LogP contribution is -2.31. The molecule has 0 aromatic heterocycles. The number of imide groups is 1. The van der Waals surface area contributed by atoms with Crippen molar-refractivity contribution in [2.24, 2.45) is 0 Å². The van der Waals surface area contributed by atoms with Gasteiger partial charge in [0.15, 0.2) is 0 Å². The molecule has 1 aliphatic heterocycles. The lowest BCUT2D eigenvalue weighted by atomic mass is 10.1. The number of benzene rings is 2. The van der Waals surface area contributed by atoms with Crippen molar-refractivity contribution in [1.29, 1.82) is 0 Å². The second-order valence-corrected chi connectivity index (χ2v) is 4.77. The molecule has 1 N–H and O–H groups in total. The number of aryl methyl sites for hydroxylation is 1. The van der Waals surface area contributed by atoms with Crippen molar-refractivity contribution in [2.45, 2.75) is 6.92 Å². The number of rotatable bonds is 2. The van der Waals surface area contributed by atoms with E-state index in [0.29, 0.717) is 16.7 Å². The monoisotopic (exact) mass is 317 g/mol. The zero-order valence-electron chi connectivity index (χ0n) is 11.6. The van der Waals surface area contributed by atoms with Gasteiger partial charge < -0.3 is 5.11 Å². The summed E-state index contributed by atoms with van der Waals surface area (Å²) in [6.45, 7) is 1.67. The first-order valence-electron chi connectivity index (χ1n) is 6.33. The van der Waals surface area contributed by atoms with Crippen molar-refractivity contribution in [3.05, 3.63) is 64.7 Å². The molecule has 2 aromatic rings. The number of fused-ring (bicyclic) bond motifs is 1. The van der Waals surface area contributed by atoms with Gasteiger partial charge in [0.05, 0.1) is 22.4 Å². The van der Waals surface area contributed by atoms with E-state index in [0.717, 1.165) is 4.90 Å². The smallest absolute Gasteiger partial charge is 0.337 e. The van der Waals surface area contributed by atoms with Crippen LogP contribution in [0.25, 0.3) is 0 Å². The lowest BCUT2D eigenvalue weighted by Gasteiger charge is -2.18. The molecule has 6 heteroatoms. The molecule has 112 valence electrons. The van der Waals surface area contributed by atoms with E-state index in [-0.39, 0.29) is 23.7 Å². The van der Waals surface area contributed by atoms with E-state index in [1.807, 2.05) is 0 Å². The summed E-state index contributed by atoms with van der Waals surface area (Å²) in [4.78, 5) is 37.2. The van der Waals surface area contributed by atoms with Gasteiger partial charge in [0.2, 0.25) is 0 Å². The average Bonchev–Trinajstić information content (AvgIpc) is 2.72. The molecule has 2 amide bonds. The molecule has 0 unspecified atom stereocenters. The van der Waals surface area contributed by atoms with Crippen LogP contribution in [0.3, 0.4) is 0 Å². The Kier molecular flexibility index (Phi) is 4.01. The fourth-order valence-electron chi connectivity index (χ4n) is 2.52. The van der Waals surface area contributed by atoms with Crippen LogP contribution in [-0.4, -0.2) is 22.9 Å². The molecule has 1 aliphatic rings. The molecule has 5 nitrogen and oxygen atoms in total. The largest absolute Gasteiger partial charge is 0.478 e. The molecule has 3 rings (SSSR count). The van der Waals surface area contributed by atoms with E-state index < -0.39 is 17.8 Å². The van der Waals surface area contributed by atoms with Crippen molar-refractivity contribution in [3.63, 3.8) is 0 Å². The molecular formula is C16H12ClNO4. The minimum Gasteiger partial charge on any atom is -0.478 e. The summed E-state index contributed by atoms with van der Waals surface area (Å²) in [6.07, 6.45) is 0. The first-order chi connectivity index (χ1) is 10.0. The van der Waals surface area contributed by atoms with Gasteiger partial charge >= 0.3 is 5.97 Å². The molecule has 0 fully saturated rings. The van der Waals surface area contributed by atoms with Crippen molar-refractivity contribution in [1.82, 2.24) is 0 Å². The van der Waals surface area contributed by atoms with Crippen molar-refractivity contribution in [3.8, 4) is 0 Å². The van der Waals surface area contributed by atoms with Crippen molar-refractivity contribution >= 4 is 35.9 Å². The predicted molar refractivity (Wildman–Crippen MR) is 83.0 cm³/mol. The van der Waals surface area contributed by atoms with Gasteiger partial charge in [-0.3, -0.25) is 9.59 Å². The Hall–Kier alpha value is -2.66. The first-order valence-corrected chi connectivity index (χ1v) is 6.33. The molecule has 22 heavy (non-hydrogen) atoms. The fraction of sp³-hybridized carbons (Fsp3) is 0.0625. The van der Waals surface area contributed by atoms with E-state index in [2.05, 4.69) is 0 Å². The van der Waals surface area contributed by atoms with Gasteiger partial charge in [-0.1, -0.05) is 24.3 Å². The number of hydrogen-bond donors (Lipinski definition) is 1. The average molecular weight is 318 g/mol. The third kappa shape index (κ3) is 2.16. The summed E-state index contributed by atoms with van der Waals surface area (Å²) in [5.74, 6) is -2.16. The molecular weight excluding hydrogens is 306 g/mol. The number of carbonyl (C=O) groups excluding carboxylic acids is 2. The molecule has 2 aromatic carbocycles. The highest BCUT2D eigenvalue weighted by Crippen LogP contribution is 2.33.